The third-order valence-corrected chi connectivity index (χ3v) is 13.2. The summed E-state index contributed by atoms with van der Waals surface area (Å²) in [4.78, 5) is 21.3. The summed E-state index contributed by atoms with van der Waals surface area (Å²) in [5.41, 5.74) is -0.204. The maximum absolute atomic E-state index is 14.4. The molecule has 0 spiro atoms. The summed E-state index contributed by atoms with van der Waals surface area (Å²) in [5, 5.41) is 18.8. The van der Waals surface area contributed by atoms with Crippen molar-refractivity contribution in [3.63, 3.8) is 0 Å². The Morgan fingerprint density at radius 1 is 0.667 bits per heavy atom. The third-order valence-electron chi connectivity index (χ3n) is 9.03. The first-order valence-corrected chi connectivity index (χ1v) is 24.4. The summed E-state index contributed by atoms with van der Waals surface area (Å²) < 4.78 is 149. The maximum atomic E-state index is 14.4. The molecule has 0 aliphatic heterocycles. The summed E-state index contributed by atoms with van der Waals surface area (Å²) in [6, 6.07) is 16.1. The number of nitrogens with one attached hydrogen (secondary N) is 4. The molecule has 2 aromatic heterocycles. The van der Waals surface area contributed by atoms with E-state index in [1.165, 1.54) is 48.5 Å². The van der Waals surface area contributed by atoms with E-state index in [2.05, 4.69) is 68.0 Å². The average molecular weight is 1070 g/mol. The SMILES string of the molecule is C=CS(=O)(=O)c1ccc(Nc2nc(F)nc(NC(C)CNc3nc(Cl)nc(Nc4ccc(N=Nc5cc(S(=O)(=O)[O-])c6cccc(S(=O)(=O)[O-])c6c5)c5cccc(S(=O)(=O)[O-])c45)n3)n2)cc1.[Na+].[Na+].[Na+]. The third kappa shape index (κ3) is 14.2. The molecule has 0 bridgehead atoms. The second-order valence-corrected chi connectivity index (χ2v) is 19.9. The van der Waals surface area contributed by atoms with E-state index >= 15 is 0 Å². The van der Waals surface area contributed by atoms with E-state index in [9.17, 15) is 51.7 Å². The Bertz CT molecular complexity index is 3610. The molecule has 0 saturated carbocycles. The van der Waals surface area contributed by atoms with E-state index in [1.54, 1.807) is 6.92 Å². The monoisotopic (exact) mass is 1070 g/mol. The molecule has 32 heteroatoms. The molecule has 69 heavy (non-hydrogen) atoms. The molecule has 7 rings (SSSR count). The number of fused-ring (bicyclic) bond motifs is 2. The van der Waals surface area contributed by atoms with Crippen molar-refractivity contribution in [2.24, 2.45) is 10.2 Å². The summed E-state index contributed by atoms with van der Waals surface area (Å²) in [6.07, 6.45) is -1.13. The van der Waals surface area contributed by atoms with Gasteiger partial charge in [0.15, 0.2) is 9.84 Å². The minimum absolute atomic E-state index is 0. The van der Waals surface area contributed by atoms with Gasteiger partial charge in [0.2, 0.25) is 29.1 Å². The van der Waals surface area contributed by atoms with Gasteiger partial charge in [-0.3, -0.25) is 0 Å². The predicted octanol–water partition coefficient (Wildman–Crippen LogP) is -3.39. The van der Waals surface area contributed by atoms with Crippen LogP contribution in [0.4, 0.5) is 50.9 Å². The molecule has 0 aliphatic rings. The minimum atomic E-state index is -5.26. The van der Waals surface area contributed by atoms with Crippen molar-refractivity contribution >= 4 is 120 Å². The molecule has 342 valence electrons. The number of azo groups is 1. The van der Waals surface area contributed by atoms with Crippen LogP contribution in [0, 0.1) is 6.08 Å². The number of nitrogens with zero attached hydrogens (tertiary/aromatic N) is 8. The molecule has 0 radical (unpaired) electrons. The second kappa shape index (κ2) is 23.1. The molecule has 1 unspecified atom stereocenters. The van der Waals surface area contributed by atoms with Crippen molar-refractivity contribution < 1.29 is 140 Å². The molecule has 0 fully saturated rings. The summed E-state index contributed by atoms with van der Waals surface area (Å²) in [7, 11) is -19.3. The van der Waals surface area contributed by atoms with Crippen molar-refractivity contribution in [1.29, 1.82) is 0 Å². The van der Waals surface area contributed by atoms with Gasteiger partial charge in [0.05, 0.1) is 36.6 Å². The van der Waals surface area contributed by atoms with Gasteiger partial charge in [0, 0.05) is 45.2 Å². The first-order chi connectivity index (χ1) is 31.0. The van der Waals surface area contributed by atoms with Crippen LogP contribution in [-0.2, 0) is 40.2 Å². The zero-order valence-electron chi connectivity index (χ0n) is 36.1. The Balaban J connectivity index is 0.00000346. The van der Waals surface area contributed by atoms with Crippen molar-refractivity contribution in [3.8, 4) is 0 Å². The van der Waals surface area contributed by atoms with Crippen LogP contribution in [0.15, 0.2) is 127 Å². The number of hydrogen-bond acceptors (Lipinski definition) is 23. The Hall–Kier alpha value is -3.92. The molecule has 4 N–H and O–H groups in total. The summed E-state index contributed by atoms with van der Waals surface area (Å²) >= 11 is 6.21. The van der Waals surface area contributed by atoms with Gasteiger partial charge in [-0.05, 0) is 79.2 Å². The van der Waals surface area contributed by atoms with Crippen LogP contribution in [0.2, 0.25) is 5.28 Å². The van der Waals surface area contributed by atoms with Crippen molar-refractivity contribution in [2.75, 3.05) is 27.8 Å². The Morgan fingerprint density at radius 2 is 1.25 bits per heavy atom. The second-order valence-electron chi connectivity index (χ2n) is 13.6. The van der Waals surface area contributed by atoms with Crippen molar-refractivity contribution in [1.82, 2.24) is 29.9 Å². The summed E-state index contributed by atoms with van der Waals surface area (Å²) in [5.74, 6) is -0.732. The number of anilines is 6. The van der Waals surface area contributed by atoms with E-state index in [0.29, 0.717) is 5.69 Å². The molecule has 0 saturated heterocycles. The fourth-order valence-corrected chi connectivity index (χ4v) is 9.19. The number of rotatable bonds is 16. The van der Waals surface area contributed by atoms with E-state index in [0.717, 1.165) is 41.8 Å². The van der Waals surface area contributed by atoms with E-state index in [1.807, 2.05) is 0 Å². The molecule has 1 atom stereocenters. The molecule has 0 aliphatic carbocycles. The topological polar surface area (TPSA) is 356 Å². The molecule has 5 aromatic carbocycles. The van der Waals surface area contributed by atoms with Gasteiger partial charge in [-0.15, -0.1) is 5.11 Å². The minimum Gasteiger partial charge on any atom is -0.744 e. The fourth-order valence-electron chi connectivity index (χ4n) is 6.21. The molecule has 7 aromatic rings. The number of halogens is 2. The van der Waals surface area contributed by atoms with Crippen molar-refractivity contribution in [3.05, 3.63) is 108 Å². The van der Waals surface area contributed by atoms with Crippen LogP contribution >= 0.6 is 11.6 Å². The number of aromatic nitrogens is 6. The molecular weight excluding hydrogens is 1040 g/mol. The van der Waals surface area contributed by atoms with Crippen LogP contribution in [0.1, 0.15) is 6.92 Å². The Kier molecular flexibility index (Phi) is 19.3. The predicted molar refractivity (Wildman–Crippen MR) is 233 cm³/mol. The zero-order valence-corrected chi connectivity index (χ0v) is 46.1. The van der Waals surface area contributed by atoms with Gasteiger partial charge in [0.25, 0.3) is 0 Å². The van der Waals surface area contributed by atoms with Crippen LogP contribution in [0.5, 0.6) is 0 Å². The van der Waals surface area contributed by atoms with Gasteiger partial charge in [-0.1, -0.05) is 30.8 Å². The van der Waals surface area contributed by atoms with E-state index in [4.69, 9.17) is 11.6 Å². The van der Waals surface area contributed by atoms with Crippen LogP contribution in [-0.4, -0.2) is 89.8 Å². The Morgan fingerprint density at radius 3 is 1.88 bits per heavy atom. The van der Waals surface area contributed by atoms with E-state index < -0.39 is 72.4 Å². The van der Waals surface area contributed by atoms with Crippen LogP contribution in [0.25, 0.3) is 21.5 Å². The van der Waals surface area contributed by atoms with Crippen LogP contribution in [0.3, 0.4) is 0 Å². The van der Waals surface area contributed by atoms with Crippen LogP contribution < -0.4 is 110 Å². The molecule has 0 amide bonds. The quantitative estimate of drug-likeness (QED) is 0.0416. The van der Waals surface area contributed by atoms with Gasteiger partial charge in [-0.2, -0.15) is 39.4 Å². The first-order valence-electron chi connectivity index (χ1n) is 18.3. The largest absolute Gasteiger partial charge is 1.00 e. The zero-order chi connectivity index (χ0) is 47.8. The normalized spacial score (nSPS) is 12.3. The number of benzene rings is 5. The van der Waals surface area contributed by atoms with Gasteiger partial charge >= 0.3 is 94.8 Å². The number of hydrogen-bond donors (Lipinski definition) is 4. The fraction of sp³-hybridized carbons (Fsp3) is 0.0811. The first kappa shape index (κ1) is 57.7. The molecule has 2 heterocycles. The van der Waals surface area contributed by atoms with E-state index in [-0.39, 0.29) is 162 Å². The van der Waals surface area contributed by atoms with Gasteiger partial charge in [0.1, 0.15) is 30.4 Å². The van der Waals surface area contributed by atoms with Gasteiger partial charge in [-0.25, -0.2) is 33.7 Å². The van der Waals surface area contributed by atoms with Gasteiger partial charge < -0.3 is 34.9 Å². The molecular formula is C37H27ClFN12Na3O11S4. The smallest absolute Gasteiger partial charge is 0.744 e. The summed E-state index contributed by atoms with van der Waals surface area (Å²) in [6.45, 7) is 4.98. The number of sulfone groups is 1. The standard InChI is InChI=1S/C37H30ClFN12O11S4.3Na/c1-3-63(52,53)22-12-10-20(11-13-22)42-36-47-33(39)46-35(49-36)41-19(2)18-40-34-44-32(38)45-37(48-34)43-27-15-14-26(24-7-5-9-29(31(24)27)65(57,58)59)51-50-21-16-25-23(30(17-21)66(60,61)62)6-4-8-28(25)64(54,55)56;;;/h3-17,19H,1,18H2,2H3,(H,54,55,56)(H,57,58,59)(H,60,61,62)(H2,40,43,44,45,48)(H2,41,42,46,47,49);;;/q;3*+1/p-3. The average Bonchev–Trinajstić information content (AvgIpc) is 3.23. The van der Waals surface area contributed by atoms with Crippen molar-refractivity contribution in [2.45, 2.75) is 32.5 Å². The maximum Gasteiger partial charge on any atom is 1.00 e. The Labute approximate surface area is 463 Å². The molecule has 23 nitrogen and oxygen atoms in total.